The van der Waals surface area contributed by atoms with Crippen LogP contribution in [0, 0.1) is 0 Å². The summed E-state index contributed by atoms with van der Waals surface area (Å²) >= 11 is 0. The summed E-state index contributed by atoms with van der Waals surface area (Å²) in [4.78, 5) is 24.8. The molecule has 28 heavy (non-hydrogen) atoms. The van der Waals surface area contributed by atoms with Gasteiger partial charge in [-0.2, -0.15) is 0 Å². The maximum absolute atomic E-state index is 12.4. The Hall–Kier alpha value is -3.67. The van der Waals surface area contributed by atoms with Crippen LogP contribution in [-0.2, 0) is 13.6 Å². The lowest BCUT2D eigenvalue weighted by Gasteiger charge is -2.06. The minimum Gasteiger partial charge on any atom is -0.350 e. The highest BCUT2D eigenvalue weighted by atomic mass is 16.2. The summed E-state index contributed by atoms with van der Waals surface area (Å²) in [7, 11) is 1.70. The van der Waals surface area contributed by atoms with Gasteiger partial charge in [-0.1, -0.05) is 60.7 Å². The first-order valence-electron chi connectivity index (χ1n) is 9.10. The maximum Gasteiger partial charge on any atom is 0.345 e. The van der Waals surface area contributed by atoms with Gasteiger partial charge in [0, 0.05) is 24.7 Å². The maximum atomic E-state index is 12.4. The first kappa shape index (κ1) is 17.7. The Kier molecular flexibility index (Phi) is 4.76. The van der Waals surface area contributed by atoms with Crippen LogP contribution in [0.3, 0.4) is 0 Å². The van der Waals surface area contributed by atoms with Crippen LogP contribution in [0.15, 0.2) is 77.6 Å². The number of hydrogen-bond acceptors (Lipinski definition) is 3. The fourth-order valence-corrected chi connectivity index (χ4v) is 3.18. The van der Waals surface area contributed by atoms with Gasteiger partial charge in [0.2, 0.25) is 0 Å². The smallest absolute Gasteiger partial charge is 0.345 e. The minimum atomic E-state index is -0.209. The van der Waals surface area contributed by atoms with Crippen LogP contribution in [0.4, 0.5) is 0 Å². The second-order valence-corrected chi connectivity index (χ2v) is 6.57. The molecule has 0 fully saturated rings. The van der Waals surface area contributed by atoms with Crippen LogP contribution < -0.4 is 11.0 Å². The van der Waals surface area contributed by atoms with Gasteiger partial charge in [0.05, 0.1) is 6.54 Å². The van der Waals surface area contributed by atoms with Gasteiger partial charge in [-0.05, 0) is 22.9 Å². The lowest BCUT2D eigenvalue weighted by atomic mass is 10.1. The molecule has 0 aliphatic rings. The molecule has 3 aromatic carbocycles. The van der Waals surface area contributed by atoms with E-state index in [1.165, 1.54) is 9.25 Å². The van der Waals surface area contributed by atoms with E-state index >= 15 is 0 Å². The molecule has 6 heteroatoms. The molecular weight excluding hydrogens is 352 g/mol. The molecule has 0 unspecified atom stereocenters. The van der Waals surface area contributed by atoms with Crippen molar-refractivity contribution < 1.29 is 4.79 Å². The number of benzene rings is 3. The summed E-state index contributed by atoms with van der Waals surface area (Å²) < 4.78 is 2.89. The second-order valence-electron chi connectivity index (χ2n) is 6.57. The molecule has 0 saturated heterocycles. The van der Waals surface area contributed by atoms with E-state index in [0.29, 0.717) is 24.5 Å². The number of nitrogens with zero attached hydrogens (tertiary/aromatic N) is 3. The van der Waals surface area contributed by atoms with E-state index in [2.05, 4.69) is 10.4 Å². The molecule has 1 amide bonds. The molecule has 0 bridgehead atoms. The van der Waals surface area contributed by atoms with E-state index in [0.717, 1.165) is 16.3 Å². The number of rotatable bonds is 5. The number of hydrogen-bond donors (Lipinski definition) is 1. The van der Waals surface area contributed by atoms with Gasteiger partial charge in [0.15, 0.2) is 5.82 Å². The van der Waals surface area contributed by atoms with Gasteiger partial charge in [0.25, 0.3) is 5.91 Å². The lowest BCUT2D eigenvalue weighted by molar-refractivity contribution is 0.0952. The summed E-state index contributed by atoms with van der Waals surface area (Å²) in [5, 5.41) is 9.37. The highest BCUT2D eigenvalue weighted by Crippen LogP contribution is 2.16. The Bertz CT molecular complexity index is 1190. The summed E-state index contributed by atoms with van der Waals surface area (Å²) in [6.45, 7) is 0.621. The van der Waals surface area contributed by atoms with Crippen LogP contribution in [0.25, 0.3) is 22.2 Å². The van der Waals surface area contributed by atoms with Crippen LogP contribution in [0.5, 0.6) is 0 Å². The summed E-state index contributed by atoms with van der Waals surface area (Å²) in [5.41, 5.74) is 1.26. The average Bonchev–Trinajstić information content (AvgIpc) is 3.02. The zero-order valence-electron chi connectivity index (χ0n) is 15.5. The van der Waals surface area contributed by atoms with E-state index in [1.54, 1.807) is 13.1 Å². The molecule has 1 aromatic heterocycles. The average molecular weight is 372 g/mol. The summed E-state index contributed by atoms with van der Waals surface area (Å²) in [6, 6.07) is 23.0. The van der Waals surface area contributed by atoms with Crippen molar-refractivity contribution in [2.24, 2.45) is 7.05 Å². The van der Waals surface area contributed by atoms with Gasteiger partial charge in [-0.25, -0.2) is 9.48 Å². The van der Waals surface area contributed by atoms with E-state index in [9.17, 15) is 9.59 Å². The molecule has 140 valence electrons. The fraction of sp³-hybridized carbons (Fsp3) is 0.136. The van der Waals surface area contributed by atoms with Crippen molar-refractivity contribution in [3.63, 3.8) is 0 Å². The zero-order chi connectivity index (χ0) is 19.5. The lowest BCUT2D eigenvalue weighted by Crippen LogP contribution is -2.31. The third-order valence-electron chi connectivity index (χ3n) is 4.69. The zero-order valence-corrected chi connectivity index (χ0v) is 15.5. The quantitative estimate of drug-likeness (QED) is 0.586. The fourth-order valence-electron chi connectivity index (χ4n) is 3.18. The largest absolute Gasteiger partial charge is 0.350 e. The van der Waals surface area contributed by atoms with Gasteiger partial charge in [0.1, 0.15) is 0 Å². The number of carbonyl (C=O) groups is 1. The predicted molar refractivity (Wildman–Crippen MR) is 109 cm³/mol. The molecular formula is C22H20N4O2. The number of amides is 1. The molecule has 0 aliphatic heterocycles. The van der Waals surface area contributed by atoms with Gasteiger partial charge >= 0.3 is 5.69 Å². The molecule has 0 atom stereocenters. The predicted octanol–water partition coefficient (Wildman–Crippen LogP) is 2.83. The second kappa shape index (κ2) is 7.52. The van der Waals surface area contributed by atoms with E-state index in [4.69, 9.17) is 0 Å². The van der Waals surface area contributed by atoms with E-state index in [1.807, 2.05) is 66.7 Å². The van der Waals surface area contributed by atoms with Crippen LogP contribution in [0.2, 0.25) is 0 Å². The van der Waals surface area contributed by atoms with Crippen molar-refractivity contribution in [2.75, 3.05) is 6.54 Å². The SMILES string of the molecule is Cn1c(-c2ccccc2)nn(CCNC(=O)c2ccc3ccccc3c2)c1=O. The van der Waals surface area contributed by atoms with Gasteiger partial charge < -0.3 is 5.32 Å². The summed E-state index contributed by atoms with van der Waals surface area (Å²) in [6.07, 6.45) is 0. The topological polar surface area (TPSA) is 68.9 Å². The minimum absolute atomic E-state index is 0.169. The molecule has 0 radical (unpaired) electrons. The van der Waals surface area contributed by atoms with Crippen molar-refractivity contribution in [2.45, 2.75) is 6.54 Å². The third kappa shape index (κ3) is 3.44. The van der Waals surface area contributed by atoms with Crippen molar-refractivity contribution in [3.8, 4) is 11.4 Å². The molecule has 0 spiro atoms. The van der Waals surface area contributed by atoms with Gasteiger partial charge in [-0.3, -0.25) is 9.36 Å². The number of aromatic nitrogens is 3. The Morgan fingerprint density at radius 2 is 1.68 bits per heavy atom. The van der Waals surface area contributed by atoms with Crippen molar-refractivity contribution >= 4 is 16.7 Å². The molecule has 6 nitrogen and oxygen atoms in total. The van der Waals surface area contributed by atoms with E-state index in [-0.39, 0.29) is 11.6 Å². The Labute approximate surface area is 162 Å². The van der Waals surface area contributed by atoms with Crippen LogP contribution in [-0.4, -0.2) is 26.8 Å². The molecule has 4 aromatic rings. The molecule has 1 N–H and O–H groups in total. The number of fused-ring (bicyclic) bond motifs is 1. The third-order valence-corrected chi connectivity index (χ3v) is 4.69. The Morgan fingerprint density at radius 3 is 2.46 bits per heavy atom. The van der Waals surface area contributed by atoms with Crippen LogP contribution in [0.1, 0.15) is 10.4 Å². The first-order valence-corrected chi connectivity index (χ1v) is 9.10. The highest BCUT2D eigenvalue weighted by Gasteiger charge is 2.12. The van der Waals surface area contributed by atoms with Crippen molar-refractivity contribution in [1.82, 2.24) is 19.7 Å². The molecule has 0 saturated carbocycles. The van der Waals surface area contributed by atoms with Crippen LogP contribution >= 0.6 is 0 Å². The molecule has 0 aliphatic carbocycles. The summed E-state index contributed by atoms with van der Waals surface area (Å²) in [5.74, 6) is 0.435. The van der Waals surface area contributed by atoms with Crippen molar-refractivity contribution in [1.29, 1.82) is 0 Å². The van der Waals surface area contributed by atoms with Gasteiger partial charge in [-0.15, -0.1) is 5.10 Å². The molecule has 4 rings (SSSR count). The number of nitrogens with one attached hydrogen (secondary N) is 1. The molecule has 1 heterocycles. The monoisotopic (exact) mass is 372 g/mol. The normalized spacial score (nSPS) is 10.9. The standard InChI is InChI=1S/C22H20N4O2/c1-25-20(17-8-3-2-4-9-17)24-26(22(25)28)14-13-23-21(27)19-12-11-16-7-5-6-10-18(16)15-19/h2-12,15H,13-14H2,1H3,(H,23,27). The Morgan fingerprint density at radius 1 is 0.964 bits per heavy atom. The highest BCUT2D eigenvalue weighted by molar-refractivity contribution is 5.98. The Balaban J connectivity index is 1.45. The first-order chi connectivity index (χ1) is 13.6. The van der Waals surface area contributed by atoms with E-state index < -0.39 is 0 Å². The van der Waals surface area contributed by atoms with Crippen molar-refractivity contribution in [3.05, 3.63) is 88.8 Å². The number of carbonyl (C=O) groups excluding carboxylic acids is 1.